The van der Waals surface area contributed by atoms with Crippen molar-refractivity contribution >= 4 is 0 Å². The fourth-order valence-electron chi connectivity index (χ4n) is 5.95. The molecule has 0 spiro atoms. The molecule has 0 radical (unpaired) electrons. The Hall–Kier alpha value is -3.73. The van der Waals surface area contributed by atoms with Gasteiger partial charge >= 0.3 is 6.01 Å². The molecule has 214 valence electrons. The predicted octanol–water partition coefficient (Wildman–Crippen LogP) is 9.52. The Morgan fingerprint density at radius 3 is 1.98 bits per heavy atom. The lowest BCUT2D eigenvalue weighted by Crippen LogP contribution is -2.14. The van der Waals surface area contributed by atoms with Gasteiger partial charge < -0.3 is 9.84 Å². The highest BCUT2D eigenvalue weighted by Crippen LogP contribution is 2.49. The van der Waals surface area contributed by atoms with E-state index < -0.39 is 0 Å². The number of phenolic OH excluding ortho intramolecular Hbond substituents is 1. The second kappa shape index (κ2) is 13.3. The van der Waals surface area contributed by atoms with E-state index in [-0.39, 0.29) is 11.2 Å². The molecular formula is C36H43N3O2. The van der Waals surface area contributed by atoms with Gasteiger partial charge in [0, 0.05) is 11.0 Å². The van der Waals surface area contributed by atoms with Crippen molar-refractivity contribution in [2.24, 2.45) is 0 Å². The molecule has 1 N–H and O–H groups in total. The molecule has 4 aromatic rings. The number of nitrogens with zero attached hydrogens (tertiary/aromatic N) is 3. The van der Waals surface area contributed by atoms with Crippen molar-refractivity contribution in [1.29, 1.82) is 0 Å². The van der Waals surface area contributed by atoms with Crippen LogP contribution in [-0.4, -0.2) is 26.7 Å². The summed E-state index contributed by atoms with van der Waals surface area (Å²) in [6.07, 6.45) is 12.7. The average Bonchev–Trinajstić information content (AvgIpc) is 3.22. The fourth-order valence-corrected chi connectivity index (χ4v) is 5.95. The van der Waals surface area contributed by atoms with E-state index in [1.54, 1.807) is 12.1 Å². The van der Waals surface area contributed by atoms with Gasteiger partial charge in [-0.15, -0.1) is 0 Å². The number of ether oxygens (including phenoxy) is 1. The van der Waals surface area contributed by atoms with Crippen LogP contribution in [0.25, 0.3) is 33.9 Å². The highest BCUT2D eigenvalue weighted by Gasteiger charge is 2.35. The van der Waals surface area contributed by atoms with Gasteiger partial charge in [-0.05, 0) is 46.9 Å². The molecule has 5 rings (SSSR count). The van der Waals surface area contributed by atoms with Gasteiger partial charge in [-0.1, -0.05) is 127 Å². The minimum Gasteiger partial charge on any atom is -0.507 e. The summed E-state index contributed by atoms with van der Waals surface area (Å²) in [5, 5.41) is 10.5. The number of unbranched alkanes of at least 4 members (excludes halogenated alkanes) is 9. The summed E-state index contributed by atoms with van der Waals surface area (Å²) < 4.78 is 6.08. The zero-order valence-electron chi connectivity index (χ0n) is 24.8. The molecule has 1 aromatic heterocycles. The van der Waals surface area contributed by atoms with Crippen molar-refractivity contribution in [3.8, 4) is 45.7 Å². The molecule has 1 aliphatic carbocycles. The molecule has 41 heavy (non-hydrogen) atoms. The van der Waals surface area contributed by atoms with Crippen LogP contribution in [0.5, 0.6) is 11.8 Å². The number of hydrogen-bond donors (Lipinski definition) is 1. The van der Waals surface area contributed by atoms with Gasteiger partial charge in [0.1, 0.15) is 5.75 Å². The predicted molar refractivity (Wildman–Crippen MR) is 167 cm³/mol. The summed E-state index contributed by atoms with van der Waals surface area (Å²) in [5.41, 5.74) is 6.50. The topological polar surface area (TPSA) is 68.1 Å². The van der Waals surface area contributed by atoms with Crippen LogP contribution < -0.4 is 4.74 Å². The lowest BCUT2D eigenvalue weighted by molar-refractivity contribution is 0.281. The molecule has 5 heteroatoms. The maximum atomic E-state index is 10.5. The van der Waals surface area contributed by atoms with Crippen LogP contribution in [0.4, 0.5) is 0 Å². The van der Waals surface area contributed by atoms with Crippen molar-refractivity contribution in [2.45, 2.75) is 90.4 Å². The molecule has 0 amide bonds. The normalized spacial score (nSPS) is 13.1. The number of aromatic hydroxyl groups is 1. The number of benzene rings is 3. The number of hydrogen-bond acceptors (Lipinski definition) is 5. The van der Waals surface area contributed by atoms with Crippen LogP contribution in [-0.2, 0) is 5.41 Å². The van der Waals surface area contributed by atoms with Gasteiger partial charge in [-0.25, -0.2) is 4.98 Å². The summed E-state index contributed by atoms with van der Waals surface area (Å²) in [6, 6.07) is 22.5. The van der Waals surface area contributed by atoms with Crippen molar-refractivity contribution in [2.75, 3.05) is 6.61 Å². The Morgan fingerprint density at radius 1 is 0.634 bits per heavy atom. The molecule has 1 heterocycles. The first kappa shape index (κ1) is 28.8. The van der Waals surface area contributed by atoms with E-state index in [1.165, 1.54) is 73.6 Å². The Morgan fingerprint density at radius 2 is 1.24 bits per heavy atom. The zero-order valence-corrected chi connectivity index (χ0v) is 24.8. The van der Waals surface area contributed by atoms with E-state index in [1.807, 2.05) is 12.1 Å². The average molecular weight is 550 g/mol. The maximum absolute atomic E-state index is 10.5. The van der Waals surface area contributed by atoms with Crippen molar-refractivity contribution in [3.05, 3.63) is 77.9 Å². The third-order valence-corrected chi connectivity index (χ3v) is 8.33. The minimum atomic E-state index is -0.0616. The Bertz CT molecular complexity index is 1460. The molecule has 1 aliphatic rings. The van der Waals surface area contributed by atoms with Crippen LogP contribution in [0.15, 0.2) is 66.7 Å². The van der Waals surface area contributed by atoms with E-state index in [2.05, 4.69) is 68.2 Å². The highest BCUT2D eigenvalue weighted by atomic mass is 16.5. The molecule has 0 saturated carbocycles. The third-order valence-electron chi connectivity index (χ3n) is 8.33. The SMILES string of the molecule is CCCCCCCCCCCCOc1nc(-c2ccc3c(c2)-c2ccccc2C3(C)C)nc(-c2ccccc2O)n1. The first-order chi connectivity index (χ1) is 20.0. The molecule has 0 fully saturated rings. The molecular weight excluding hydrogens is 506 g/mol. The number of fused-ring (bicyclic) bond motifs is 3. The van der Waals surface area contributed by atoms with Crippen molar-refractivity contribution in [3.63, 3.8) is 0 Å². The van der Waals surface area contributed by atoms with Gasteiger partial charge in [0.2, 0.25) is 0 Å². The second-order valence-corrected chi connectivity index (χ2v) is 11.7. The Labute approximate surface area is 245 Å². The Kier molecular flexibility index (Phi) is 9.33. The van der Waals surface area contributed by atoms with Crippen LogP contribution in [0, 0.1) is 0 Å². The zero-order chi connectivity index (χ0) is 28.7. The van der Waals surface area contributed by atoms with E-state index >= 15 is 0 Å². The van der Waals surface area contributed by atoms with E-state index in [0.717, 1.165) is 18.4 Å². The highest BCUT2D eigenvalue weighted by molar-refractivity contribution is 5.83. The molecule has 3 aromatic carbocycles. The van der Waals surface area contributed by atoms with Crippen LogP contribution >= 0.6 is 0 Å². The summed E-state index contributed by atoms with van der Waals surface area (Å²) in [4.78, 5) is 14.1. The lowest BCUT2D eigenvalue weighted by atomic mass is 9.82. The summed E-state index contributed by atoms with van der Waals surface area (Å²) >= 11 is 0. The van der Waals surface area contributed by atoms with Gasteiger partial charge in [0.05, 0.1) is 12.2 Å². The first-order valence-electron chi connectivity index (χ1n) is 15.4. The van der Waals surface area contributed by atoms with Gasteiger partial charge in [0.15, 0.2) is 11.6 Å². The second-order valence-electron chi connectivity index (χ2n) is 11.7. The largest absolute Gasteiger partial charge is 0.507 e. The maximum Gasteiger partial charge on any atom is 0.320 e. The standard InChI is InChI=1S/C36H43N3O2/c1-4-5-6-7-8-9-10-11-12-17-24-41-35-38-33(37-34(39-35)28-19-14-16-21-32(28)40)26-22-23-31-29(25-26)27-18-13-15-20-30(27)36(31,2)3/h13-16,18-23,25,40H,4-12,17,24H2,1-3H3. The smallest absolute Gasteiger partial charge is 0.320 e. The number of rotatable bonds is 14. The van der Waals surface area contributed by atoms with E-state index in [0.29, 0.717) is 29.8 Å². The monoisotopic (exact) mass is 549 g/mol. The number of para-hydroxylation sites is 1. The summed E-state index contributed by atoms with van der Waals surface area (Å²) in [6.45, 7) is 7.37. The lowest BCUT2D eigenvalue weighted by Gasteiger charge is -2.21. The Balaban J connectivity index is 1.32. The van der Waals surface area contributed by atoms with E-state index in [9.17, 15) is 5.11 Å². The summed E-state index contributed by atoms with van der Waals surface area (Å²) in [5.74, 6) is 1.09. The van der Waals surface area contributed by atoms with Gasteiger partial charge in [-0.3, -0.25) is 0 Å². The fraction of sp³-hybridized carbons (Fsp3) is 0.417. The molecule has 0 atom stereocenters. The quantitative estimate of drug-likeness (QED) is 0.159. The number of aromatic nitrogens is 3. The number of phenols is 1. The van der Waals surface area contributed by atoms with Crippen molar-refractivity contribution in [1.82, 2.24) is 15.0 Å². The van der Waals surface area contributed by atoms with Gasteiger partial charge in [-0.2, -0.15) is 9.97 Å². The first-order valence-corrected chi connectivity index (χ1v) is 15.4. The van der Waals surface area contributed by atoms with E-state index in [4.69, 9.17) is 14.7 Å². The van der Waals surface area contributed by atoms with Crippen LogP contribution in [0.1, 0.15) is 96.1 Å². The summed E-state index contributed by atoms with van der Waals surface area (Å²) in [7, 11) is 0. The molecule has 0 aliphatic heterocycles. The van der Waals surface area contributed by atoms with Crippen molar-refractivity contribution < 1.29 is 9.84 Å². The molecule has 0 unspecified atom stereocenters. The van der Waals surface area contributed by atoms with Crippen LogP contribution in [0.2, 0.25) is 0 Å². The van der Waals surface area contributed by atoms with Gasteiger partial charge in [0.25, 0.3) is 0 Å². The molecule has 0 saturated heterocycles. The minimum absolute atomic E-state index is 0.0616. The van der Waals surface area contributed by atoms with Crippen LogP contribution in [0.3, 0.4) is 0 Å². The molecule has 0 bridgehead atoms. The third kappa shape index (κ3) is 6.61. The molecule has 5 nitrogen and oxygen atoms in total.